The van der Waals surface area contributed by atoms with Crippen LogP contribution in [0.15, 0.2) is 11.2 Å². The maximum atomic E-state index is 8.70. The van der Waals surface area contributed by atoms with Gasteiger partial charge in [-0.3, -0.25) is 0 Å². The third-order valence-corrected chi connectivity index (χ3v) is 2.48. The van der Waals surface area contributed by atoms with E-state index in [9.17, 15) is 0 Å². The summed E-state index contributed by atoms with van der Waals surface area (Å²) < 4.78 is 0. The van der Waals surface area contributed by atoms with Gasteiger partial charge in [-0.05, 0) is 25.8 Å². The zero-order valence-electron chi connectivity index (χ0n) is 11.2. The summed E-state index contributed by atoms with van der Waals surface area (Å²) in [5.74, 6) is 0.648. The van der Waals surface area contributed by atoms with Crippen LogP contribution in [0.5, 0.6) is 0 Å². The van der Waals surface area contributed by atoms with Crippen molar-refractivity contribution in [3.05, 3.63) is 17.5 Å². The molecule has 1 aromatic rings. The second kappa shape index (κ2) is 6.78. The van der Waals surface area contributed by atoms with Crippen molar-refractivity contribution in [1.82, 2.24) is 9.97 Å². The molecule has 1 heterocycles. The molecule has 0 saturated carbocycles. The molecule has 18 heavy (non-hydrogen) atoms. The van der Waals surface area contributed by atoms with Crippen LogP contribution in [0.1, 0.15) is 38.1 Å². The van der Waals surface area contributed by atoms with Crippen LogP contribution in [0, 0.1) is 6.92 Å². The summed E-state index contributed by atoms with van der Waals surface area (Å²) in [5.41, 5.74) is 6.83. The predicted molar refractivity (Wildman–Crippen MR) is 72.1 cm³/mol. The molecule has 0 amide bonds. The normalized spacial score (nSPS) is 11.6. The van der Waals surface area contributed by atoms with Crippen molar-refractivity contribution in [3.8, 4) is 0 Å². The fraction of sp³-hybridized carbons (Fsp3) is 0.583. The van der Waals surface area contributed by atoms with Gasteiger partial charge >= 0.3 is 0 Å². The van der Waals surface area contributed by atoms with Crippen LogP contribution in [-0.2, 0) is 0 Å². The van der Waals surface area contributed by atoms with E-state index in [1.165, 1.54) is 0 Å². The van der Waals surface area contributed by atoms with Gasteiger partial charge in [0.1, 0.15) is 5.69 Å². The average Bonchev–Trinajstić information content (AvgIpc) is 2.36. The number of nitrogens with zero attached hydrogens (tertiary/aromatic N) is 4. The smallest absolute Gasteiger partial charge is 0.226 e. The summed E-state index contributed by atoms with van der Waals surface area (Å²) in [7, 11) is 0. The van der Waals surface area contributed by atoms with E-state index >= 15 is 0 Å². The van der Waals surface area contributed by atoms with Crippen LogP contribution < -0.4 is 10.6 Å². The van der Waals surface area contributed by atoms with Crippen molar-refractivity contribution in [2.45, 2.75) is 33.6 Å². The van der Waals surface area contributed by atoms with Gasteiger partial charge in [0.2, 0.25) is 5.95 Å². The van der Waals surface area contributed by atoms with Crippen molar-refractivity contribution < 1.29 is 5.21 Å². The maximum Gasteiger partial charge on any atom is 0.226 e. The van der Waals surface area contributed by atoms with Gasteiger partial charge in [-0.15, -0.1) is 0 Å². The van der Waals surface area contributed by atoms with Gasteiger partial charge in [0, 0.05) is 18.8 Å². The second-order valence-corrected chi connectivity index (χ2v) is 4.17. The summed E-state index contributed by atoms with van der Waals surface area (Å²) >= 11 is 0. The summed E-state index contributed by atoms with van der Waals surface area (Å²) in [6, 6.07) is 1.70. The number of amidine groups is 1. The van der Waals surface area contributed by atoms with Gasteiger partial charge in [-0.2, -0.15) is 0 Å². The lowest BCUT2D eigenvalue weighted by molar-refractivity contribution is 0.318. The van der Waals surface area contributed by atoms with Crippen LogP contribution in [0.3, 0.4) is 0 Å². The van der Waals surface area contributed by atoms with Crippen LogP contribution in [-0.4, -0.2) is 34.1 Å². The van der Waals surface area contributed by atoms with Gasteiger partial charge < -0.3 is 15.8 Å². The van der Waals surface area contributed by atoms with E-state index in [0.29, 0.717) is 11.6 Å². The maximum absolute atomic E-state index is 8.70. The van der Waals surface area contributed by atoms with E-state index in [2.05, 4.69) is 33.9 Å². The van der Waals surface area contributed by atoms with Crippen molar-refractivity contribution in [3.63, 3.8) is 0 Å². The monoisotopic (exact) mass is 251 g/mol. The van der Waals surface area contributed by atoms with Crippen molar-refractivity contribution in [2.75, 3.05) is 18.0 Å². The molecule has 0 bridgehead atoms. The second-order valence-electron chi connectivity index (χ2n) is 4.17. The first kappa shape index (κ1) is 14.2. The number of hydrogen-bond donors (Lipinski definition) is 2. The summed E-state index contributed by atoms with van der Waals surface area (Å²) in [4.78, 5) is 10.9. The highest BCUT2D eigenvalue weighted by Gasteiger charge is 2.11. The molecule has 1 aromatic heterocycles. The number of aryl methyl sites for hydroxylation is 1. The van der Waals surface area contributed by atoms with Crippen LogP contribution >= 0.6 is 0 Å². The van der Waals surface area contributed by atoms with Gasteiger partial charge in [0.05, 0.1) is 0 Å². The van der Waals surface area contributed by atoms with Crippen molar-refractivity contribution >= 4 is 11.8 Å². The molecule has 100 valence electrons. The van der Waals surface area contributed by atoms with Crippen LogP contribution in [0.2, 0.25) is 0 Å². The number of aromatic nitrogens is 2. The first-order valence-electron chi connectivity index (χ1n) is 6.20. The van der Waals surface area contributed by atoms with Gasteiger partial charge in [0.25, 0.3) is 0 Å². The highest BCUT2D eigenvalue weighted by Crippen LogP contribution is 2.11. The molecule has 0 unspecified atom stereocenters. The standard InChI is InChI=1S/C12H21N5O/c1-4-6-17(7-5-2)12-14-9(3)8-10(15-12)11(13)16-18/h8,18H,4-7H2,1-3H3,(H2,13,16). The van der Waals surface area contributed by atoms with Gasteiger partial charge in [0.15, 0.2) is 5.84 Å². The highest BCUT2D eigenvalue weighted by molar-refractivity contribution is 5.95. The first-order chi connectivity index (χ1) is 8.62. The SMILES string of the molecule is CCCN(CCC)c1nc(C)cc(/C(N)=N/O)n1. The number of anilines is 1. The molecule has 0 spiro atoms. The lowest BCUT2D eigenvalue weighted by atomic mass is 10.3. The minimum atomic E-state index is 0.00898. The molecular formula is C12H21N5O. The molecule has 0 aliphatic carbocycles. The number of nitrogens with two attached hydrogens (primary N) is 1. The van der Waals surface area contributed by atoms with Crippen molar-refractivity contribution in [1.29, 1.82) is 0 Å². The lowest BCUT2D eigenvalue weighted by Crippen LogP contribution is -2.28. The fourth-order valence-electron chi connectivity index (χ4n) is 1.73. The summed E-state index contributed by atoms with van der Waals surface area (Å²) in [6.07, 6.45) is 2.05. The van der Waals surface area contributed by atoms with E-state index < -0.39 is 0 Å². The Balaban J connectivity index is 3.10. The molecule has 6 nitrogen and oxygen atoms in total. The minimum absolute atomic E-state index is 0.00898. The Kier molecular flexibility index (Phi) is 5.35. The average molecular weight is 251 g/mol. The van der Waals surface area contributed by atoms with E-state index in [1.54, 1.807) is 6.07 Å². The molecule has 0 aliphatic heterocycles. The molecule has 1 rings (SSSR count). The molecule has 0 atom stereocenters. The Hall–Kier alpha value is -1.85. The number of oxime groups is 1. The predicted octanol–water partition coefficient (Wildman–Crippen LogP) is 1.51. The number of rotatable bonds is 6. The third kappa shape index (κ3) is 3.58. The Bertz CT molecular complexity index is 413. The molecule has 0 saturated heterocycles. The van der Waals surface area contributed by atoms with Crippen molar-refractivity contribution in [2.24, 2.45) is 10.9 Å². The van der Waals surface area contributed by atoms with Gasteiger partial charge in [-0.25, -0.2) is 9.97 Å². The summed E-state index contributed by atoms with van der Waals surface area (Å²) in [5, 5.41) is 11.7. The topological polar surface area (TPSA) is 87.6 Å². The Morgan fingerprint density at radius 2 is 1.94 bits per heavy atom. The molecular weight excluding hydrogens is 230 g/mol. The lowest BCUT2D eigenvalue weighted by Gasteiger charge is -2.22. The van der Waals surface area contributed by atoms with Crippen LogP contribution in [0.4, 0.5) is 5.95 Å². The van der Waals surface area contributed by atoms with Crippen LogP contribution in [0.25, 0.3) is 0 Å². The van der Waals surface area contributed by atoms with E-state index in [1.807, 2.05) is 6.92 Å². The quantitative estimate of drug-likeness (QED) is 0.346. The molecule has 0 aromatic carbocycles. The van der Waals surface area contributed by atoms with E-state index in [-0.39, 0.29) is 5.84 Å². The van der Waals surface area contributed by atoms with Gasteiger partial charge in [-0.1, -0.05) is 19.0 Å². The fourth-order valence-corrected chi connectivity index (χ4v) is 1.73. The third-order valence-electron chi connectivity index (χ3n) is 2.48. The molecule has 6 heteroatoms. The Labute approximate surface area is 108 Å². The Morgan fingerprint density at radius 1 is 1.33 bits per heavy atom. The van der Waals surface area contributed by atoms with E-state index in [0.717, 1.165) is 31.6 Å². The Morgan fingerprint density at radius 3 is 2.44 bits per heavy atom. The summed E-state index contributed by atoms with van der Waals surface area (Å²) in [6.45, 7) is 7.89. The molecule has 0 aliphatic rings. The highest BCUT2D eigenvalue weighted by atomic mass is 16.4. The minimum Gasteiger partial charge on any atom is -0.409 e. The zero-order valence-corrected chi connectivity index (χ0v) is 11.2. The molecule has 0 fully saturated rings. The largest absolute Gasteiger partial charge is 0.409 e. The number of hydrogen-bond acceptors (Lipinski definition) is 5. The first-order valence-corrected chi connectivity index (χ1v) is 6.20. The molecule has 0 radical (unpaired) electrons. The molecule has 3 N–H and O–H groups in total. The van der Waals surface area contributed by atoms with E-state index in [4.69, 9.17) is 10.9 Å². The zero-order chi connectivity index (χ0) is 13.5.